The molecule has 2 aromatic rings. The predicted molar refractivity (Wildman–Crippen MR) is 196 cm³/mol. The molecule has 1 aromatic heterocycles. The van der Waals surface area contributed by atoms with Gasteiger partial charge in [0, 0.05) is 8.07 Å². The van der Waals surface area contributed by atoms with E-state index in [1.165, 1.54) is 0 Å². The summed E-state index contributed by atoms with van der Waals surface area (Å²) in [6.07, 6.45) is 2.28. The minimum absolute atomic E-state index is 0.157. The Kier molecular flexibility index (Phi) is 15.1. The number of unbranched alkanes of at least 4 members (excludes halogenated alkanes) is 3. The molecule has 2 heterocycles. The van der Waals surface area contributed by atoms with Crippen molar-refractivity contribution in [1.82, 2.24) is 9.88 Å². The maximum atomic E-state index is 16.6. The molecule has 1 aliphatic heterocycles. The number of carbonyl (C=O) groups is 1. The number of rotatable bonds is 17. The molecule has 1 aliphatic rings. The third-order valence-corrected chi connectivity index (χ3v) is 27.0. The van der Waals surface area contributed by atoms with Crippen LogP contribution in [0, 0.1) is 5.82 Å². The number of nitrogens with zero attached hydrogens (tertiary/aromatic N) is 3. The molecule has 270 valence electrons. The number of pyridine rings is 1. The van der Waals surface area contributed by atoms with Crippen LogP contribution in [0.1, 0.15) is 82.1 Å². The first-order valence-electron chi connectivity index (χ1n) is 17.9. The van der Waals surface area contributed by atoms with E-state index in [4.69, 9.17) is 4.74 Å². The van der Waals surface area contributed by atoms with E-state index in [9.17, 15) is 18.0 Å². The number of alkyl halides is 3. The number of ether oxygens (including phenoxy) is 1. The molecule has 0 bridgehead atoms. The van der Waals surface area contributed by atoms with Crippen LogP contribution in [0.3, 0.4) is 0 Å². The summed E-state index contributed by atoms with van der Waals surface area (Å²) >= 11 is -3.36. The number of benzene rings is 1. The normalized spacial score (nSPS) is 16.3. The number of carbonyl (C=O) groups excluding carboxylic acids is 1. The van der Waals surface area contributed by atoms with Crippen LogP contribution in [0.4, 0.5) is 28.9 Å². The summed E-state index contributed by atoms with van der Waals surface area (Å²) < 4.78 is 69.2. The number of anilines is 2. The second kappa shape index (κ2) is 17.9. The Labute approximate surface area is 291 Å². The van der Waals surface area contributed by atoms with E-state index in [1.54, 1.807) is 6.07 Å². The fourth-order valence-corrected chi connectivity index (χ4v) is 23.4. The van der Waals surface area contributed by atoms with Crippen molar-refractivity contribution in [3.05, 3.63) is 41.3 Å². The Morgan fingerprint density at radius 3 is 2.15 bits per heavy atom. The molecule has 48 heavy (non-hydrogen) atoms. The summed E-state index contributed by atoms with van der Waals surface area (Å²) in [5.41, 5.74) is -0.792. The van der Waals surface area contributed by atoms with Crippen LogP contribution < -0.4 is 18.5 Å². The molecule has 0 unspecified atom stereocenters. The van der Waals surface area contributed by atoms with Crippen LogP contribution in [0.25, 0.3) is 0 Å². The molecule has 1 atom stereocenters. The number of hydrogen-bond donors (Lipinski definition) is 1. The van der Waals surface area contributed by atoms with E-state index in [0.717, 1.165) is 80.3 Å². The average Bonchev–Trinajstić information content (AvgIpc) is 3.02. The Balaban J connectivity index is 2.13. The van der Waals surface area contributed by atoms with Gasteiger partial charge in [-0.3, -0.25) is 0 Å². The first-order valence-corrected chi connectivity index (χ1v) is 29.0. The first kappa shape index (κ1) is 40.6. The van der Waals surface area contributed by atoms with Crippen molar-refractivity contribution in [1.29, 1.82) is 0 Å². The van der Waals surface area contributed by atoms with E-state index in [-0.39, 0.29) is 24.3 Å². The molecular formula is C36H58F4N4O2SiSn. The second-order valence-corrected chi connectivity index (χ2v) is 33.6. The number of aromatic nitrogens is 1. The number of nitrogens with one attached hydrogen (secondary N) is 1. The monoisotopic (exact) mass is 802 g/mol. The number of hydrogen-bond acceptors (Lipinski definition) is 5. The van der Waals surface area contributed by atoms with Gasteiger partial charge < -0.3 is 0 Å². The molecule has 6 nitrogen and oxygen atoms in total. The third-order valence-electron chi connectivity index (χ3n) is 9.76. The second-order valence-electron chi connectivity index (χ2n) is 14.9. The average molecular weight is 802 g/mol. The van der Waals surface area contributed by atoms with E-state index in [0.29, 0.717) is 24.5 Å². The van der Waals surface area contributed by atoms with Crippen LogP contribution in [0.5, 0.6) is 5.88 Å². The molecule has 1 aromatic carbocycles. The SMILES string of the molecule is CCC[CH2][Sn]([CH2]CCC)([CH2]CCC)[c]1cc(NC(=O)c2cnc(OCC[Si](C)(C)C)cc2C(F)(F)F)c(N2CCN(C)[C@@H](C)C2)cc1F. The van der Waals surface area contributed by atoms with Gasteiger partial charge in [0.05, 0.1) is 0 Å². The van der Waals surface area contributed by atoms with Crippen molar-refractivity contribution >= 4 is 47.3 Å². The summed E-state index contributed by atoms with van der Waals surface area (Å²) in [6.45, 7) is 17.2. The van der Waals surface area contributed by atoms with E-state index in [2.05, 4.69) is 62.5 Å². The summed E-state index contributed by atoms with van der Waals surface area (Å²) in [4.78, 5) is 22.2. The molecule has 1 saturated heterocycles. The molecule has 1 N–H and O–H groups in total. The Morgan fingerprint density at radius 2 is 1.62 bits per heavy atom. The van der Waals surface area contributed by atoms with Crippen LogP contribution in [0.15, 0.2) is 24.4 Å². The summed E-state index contributed by atoms with van der Waals surface area (Å²) in [5, 5.41) is 2.85. The zero-order valence-corrected chi connectivity index (χ0v) is 34.3. The van der Waals surface area contributed by atoms with Gasteiger partial charge in [-0.2, -0.15) is 0 Å². The molecular weight excluding hydrogens is 743 g/mol. The molecule has 0 aliphatic carbocycles. The Morgan fingerprint density at radius 1 is 1.02 bits per heavy atom. The molecule has 0 spiro atoms. The van der Waals surface area contributed by atoms with Gasteiger partial charge in [-0.15, -0.1) is 0 Å². The van der Waals surface area contributed by atoms with Gasteiger partial charge in [0.1, 0.15) is 0 Å². The van der Waals surface area contributed by atoms with E-state index < -0.39 is 49.7 Å². The number of likely N-dealkylation sites (N-methyl/N-ethyl adjacent to an activating group) is 1. The number of amides is 1. The fraction of sp³-hybridized carbons (Fsp3) is 0.667. The van der Waals surface area contributed by atoms with Crippen molar-refractivity contribution in [3.8, 4) is 5.88 Å². The summed E-state index contributed by atoms with van der Waals surface area (Å²) in [5.74, 6) is -1.30. The van der Waals surface area contributed by atoms with Gasteiger partial charge in [0.25, 0.3) is 0 Å². The molecule has 1 amide bonds. The first-order chi connectivity index (χ1) is 22.5. The van der Waals surface area contributed by atoms with Crippen molar-refractivity contribution < 1.29 is 27.1 Å². The quantitative estimate of drug-likeness (QED) is 0.128. The predicted octanol–water partition coefficient (Wildman–Crippen LogP) is 9.41. The zero-order valence-electron chi connectivity index (χ0n) is 30.5. The topological polar surface area (TPSA) is 57.7 Å². The standard InChI is InChI=1S/C24H31F4N4O2Si.3C4H9.Sn/c1-16-15-32(9-8-31(16)2)21-12-17(25)6-7-20(21)30-23(33)18-14-29-22(13-19(18)24(26,27)28)34-10-11-35(3,4)5;3*1-3-4-2;/h7,12-14,16H,8-11,15H2,1-5H3,(H,30,33);3*1,3-4H2,2H3;/t16-;;;;/m0..../s1. The van der Waals surface area contributed by atoms with Crippen molar-refractivity contribution in [2.75, 3.05) is 43.5 Å². The summed E-state index contributed by atoms with van der Waals surface area (Å²) in [7, 11) is 0.563. The molecule has 0 saturated carbocycles. The fourth-order valence-electron chi connectivity index (χ4n) is 6.50. The van der Waals surface area contributed by atoms with Crippen molar-refractivity contribution in [2.24, 2.45) is 0 Å². The minimum atomic E-state index is -4.80. The zero-order chi connectivity index (χ0) is 35.7. The van der Waals surface area contributed by atoms with E-state index >= 15 is 4.39 Å². The molecule has 0 radical (unpaired) electrons. The van der Waals surface area contributed by atoms with Gasteiger partial charge >= 0.3 is 265 Å². The number of piperazine rings is 1. The van der Waals surface area contributed by atoms with Gasteiger partial charge in [0.15, 0.2) is 0 Å². The van der Waals surface area contributed by atoms with Gasteiger partial charge in [-0.1, -0.05) is 19.6 Å². The Hall–Kier alpha value is -1.86. The van der Waals surface area contributed by atoms with Crippen LogP contribution in [-0.4, -0.2) is 81.6 Å². The van der Waals surface area contributed by atoms with Gasteiger partial charge in [0.2, 0.25) is 0 Å². The van der Waals surface area contributed by atoms with Crippen LogP contribution >= 0.6 is 0 Å². The van der Waals surface area contributed by atoms with Crippen molar-refractivity contribution in [3.63, 3.8) is 0 Å². The van der Waals surface area contributed by atoms with Crippen LogP contribution in [-0.2, 0) is 6.18 Å². The third kappa shape index (κ3) is 11.1. The van der Waals surface area contributed by atoms with Crippen molar-refractivity contribution in [2.45, 2.75) is 117 Å². The molecule has 12 heteroatoms. The number of halogens is 4. The molecule has 1 fully saturated rings. The van der Waals surface area contributed by atoms with Crippen LogP contribution in [0.2, 0.25) is 39.0 Å². The van der Waals surface area contributed by atoms with Gasteiger partial charge in [-0.25, -0.2) is 0 Å². The summed E-state index contributed by atoms with van der Waals surface area (Å²) in [6, 6.07) is 5.13. The maximum absolute atomic E-state index is 16.6. The Bertz CT molecular complexity index is 1330. The van der Waals surface area contributed by atoms with E-state index in [1.807, 2.05) is 18.0 Å². The molecule has 3 rings (SSSR count). The van der Waals surface area contributed by atoms with Gasteiger partial charge in [-0.05, 0) is 0 Å².